The Morgan fingerprint density at radius 2 is 2.33 bits per heavy atom. The largest absolute Gasteiger partial charge is 0.507 e. The fraction of sp³-hybridized carbons (Fsp3) is 0.125. The minimum Gasteiger partial charge on any atom is -0.507 e. The zero-order valence-electron chi connectivity index (χ0n) is 6.32. The summed E-state index contributed by atoms with van der Waals surface area (Å²) in [5.41, 5.74) is 6.60. The van der Waals surface area contributed by atoms with Crippen LogP contribution in [0.2, 0.25) is 0 Å². The molecule has 0 saturated carbocycles. The van der Waals surface area contributed by atoms with E-state index in [1.54, 1.807) is 18.3 Å². The number of benzene rings is 1. The number of hydrogen-bond donors (Lipinski definition) is 2. The van der Waals surface area contributed by atoms with Gasteiger partial charge >= 0.3 is 0 Å². The van der Waals surface area contributed by atoms with Gasteiger partial charge in [0.15, 0.2) is 5.58 Å². The lowest BCUT2D eigenvalue weighted by atomic mass is 10.1. The maximum Gasteiger partial charge on any atom is 0.175 e. The van der Waals surface area contributed by atoms with Gasteiger partial charge in [-0.2, -0.15) is 0 Å². The standard InChI is InChI=1S/C8H8N2O2/c9-3-6-7(11)2-1-5-4-10-12-8(5)6/h1-2,4,11H,3,9H2. The summed E-state index contributed by atoms with van der Waals surface area (Å²) < 4.78 is 4.93. The van der Waals surface area contributed by atoms with Crippen LogP contribution >= 0.6 is 0 Å². The molecule has 62 valence electrons. The van der Waals surface area contributed by atoms with Crippen molar-refractivity contribution < 1.29 is 9.63 Å². The summed E-state index contributed by atoms with van der Waals surface area (Å²) in [6.45, 7) is 0.248. The van der Waals surface area contributed by atoms with Crippen molar-refractivity contribution >= 4 is 11.0 Å². The first-order chi connectivity index (χ1) is 5.83. The SMILES string of the molecule is NCc1c(O)ccc2cnoc12. The van der Waals surface area contributed by atoms with Crippen LogP contribution in [-0.4, -0.2) is 10.3 Å². The molecule has 2 aromatic rings. The smallest absolute Gasteiger partial charge is 0.175 e. The summed E-state index contributed by atoms with van der Waals surface area (Å²) >= 11 is 0. The molecule has 0 saturated heterocycles. The van der Waals surface area contributed by atoms with Gasteiger partial charge in [0.2, 0.25) is 0 Å². The molecule has 2 rings (SSSR count). The number of fused-ring (bicyclic) bond motifs is 1. The molecular formula is C8H8N2O2. The molecule has 1 heterocycles. The second-order valence-corrected chi connectivity index (χ2v) is 2.51. The molecule has 0 fully saturated rings. The molecule has 4 nitrogen and oxygen atoms in total. The fourth-order valence-electron chi connectivity index (χ4n) is 1.18. The lowest BCUT2D eigenvalue weighted by Crippen LogP contribution is -1.96. The van der Waals surface area contributed by atoms with Crippen LogP contribution in [0, 0.1) is 0 Å². The van der Waals surface area contributed by atoms with Gasteiger partial charge in [-0.1, -0.05) is 5.16 Å². The van der Waals surface area contributed by atoms with Crippen LogP contribution in [0.4, 0.5) is 0 Å². The molecule has 0 aliphatic carbocycles. The molecule has 0 aliphatic rings. The summed E-state index contributed by atoms with van der Waals surface area (Å²) in [5, 5.41) is 13.8. The molecule has 0 spiro atoms. The maximum atomic E-state index is 9.36. The second kappa shape index (κ2) is 2.49. The van der Waals surface area contributed by atoms with Gasteiger partial charge in [-0.05, 0) is 12.1 Å². The van der Waals surface area contributed by atoms with Crippen LogP contribution in [0.5, 0.6) is 5.75 Å². The zero-order valence-corrected chi connectivity index (χ0v) is 6.32. The number of nitrogens with zero attached hydrogens (tertiary/aromatic N) is 1. The summed E-state index contributed by atoms with van der Waals surface area (Å²) in [6, 6.07) is 3.32. The monoisotopic (exact) mass is 164 g/mol. The van der Waals surface area contributed by atoms with Gasteiger partial charge in [-0.3, -0.25) is 0 Å². The highest BCUT2D eigenvalue weighted by Gasteiger charge is 2.08. The highest BCUT2D eigenvalue weighted by molar-refractivity contribution is 5.81. The molecular weight excluding hydrogens is 156 g/mol. The van der Waals surface area contributed by atoms with Crippen LogP contribution < -0.4 is 5.73 Å². The third-order valence-electron chi connectivity index (χ3n) is 1.81. The summed E-state index contributed by atoms with van der Waals surface area (Å²) in [5.74, 6) is 0.154. The molecule has 0 unspecified atom stereocenters. The minimum absolute atomic E-state index is 0.154. The first kappa shape index (κ1) is 7.12. The van der Waals surface area contributed by atoms with Gasteiger partial charge < -0.3 is 15.4 Å². The van der Waals surface area contributed by atoms with E-state index in [4.69, 9.17) is 10.3 Å². The molecule has 12 heavy (non-hydrogen) atoms. The topological polar surface area (TPSA) is 72.3 Å². The molecule has 0 atom stereocenters. The molecule has 4 heteroatoms. The molecule has 0 radical (unpaired) electrons. The first-order valence-electron chi connectivity index (χ1n) is 3.58. The van der Waals surface area contributed by atoms with Gasteiger partial charge in [0.05, 0.1) is 11.8 Å². The molecule has 3 N–H and O–H groups in total. The average molecular weight is 164 g/mol. The third kappa shape index (κ3) is 0.853. The fourth-order valence-corrected chi connectivity index (χ4v) is 1.18. The van der Waals surface area contributed by atoms with Gasteiger partial charge in [-0.25, -0.2) is 0 Å². The molecule has 1 aromatic heterocycles. The van der Waals surface area contributed by atoms with Gasteiger partial charge in [-0.15, -0.1) is 0 Å². The average Bonchev–Trinajstić information content (AvgIpc) is 2.52. The minimum atomic E-state index is 0.154. The molecule has 1 aromatic carbocycles. The Morgan fingerprint density at radius 3 is 3.08 bits per heavy atom. The number of phenolic OH excluding ortho intramolecular Hbond substituents is 1. The quantitative estimate of drug-likeness (QED) is 0.659. The van der Waals surface area contributed by atoms with Crippen LogP contribution in [-0.2, 0) is 6.54 Å². The van der Waals surface area contributed by atoms with E-state index in [2.05, 4.69) is 5.16 Å². The number of phenols is 1. The normalized spacial score (nSPS) is 10.8. The predicted molar refractivity (Wildman–Crippen MR) is 43.6 cm³/mol. The Morgan fingerprint density at radius 1 is 1.50 bits per heavy atom. The summed E-state index contributed by atoms with van der Waals surface area (Å²) in [4.78, 5) is 0. The maximum absolute atomic E-state index is 9.36. The third-order valence-corrected chi connectivity index (χ3v) is 1.81. The highest BCUT2D eigenvalue weighted by atomic mass is 16.5. The molecule has 0 bridgehead atoms. The van der Waals surface area contributed by atoms with E-state index in [-0.39, 0.29) is 12.3 Å². The lowest BCUT2D eigenvalue weighted by molar-refractivity contribution is 0.443. The Bertz CT molecular complexity index is 408. The van der Waals surface area contributed by atoms with E-state index in [1.807, 2.05) is 0 Å². The van der Waals surface area contributed by atoms with Gasteiger partial charge in [0.1, 0.15) is 5.75 Å². The van der Waals surface area contributed by atoms with Crippen molar-refractivity contribution in [3.05, 3.63) is 23.9 Å². The van der Waals surface area contributed by atoms with Crippen molar-refractivity contribution in [1.29, 1.82) is 0 Å². The molecule has 0 amide bonds. The Labute approximate surface area is 68.6 Å². The van der Waals surface area contributed by atoms with Crippen molar-refractivity contribution in [1.82, 2.24) is 5.16 Å². The number of aromatic hydroxyl groups is 1. The van der Waals surface area contributed by atoms with Crippen molar-refractivity contribution in [2.45, 2.75) is 6.54 Å². The second-order valence-electron chi connectivity index (χ2n) is 2.51. The van der Waals surface area contributed by atoms with Crippen LogP contribution in [0.3, 0.4) is 0 Å². The summed E-state index contributed by atoms with van der Waals surface area (Å²) in [7, 11) is 0. The van der Waals surface area contributed by atoms with Gasteiger partial charge in [0.25, 0.3) is 0 Å². The Balaban J connectivity index is 2.83. The Hall–Kier alpha value is -1.55. The van der Waals surface area contributed by atoms with Crippen LogP contribution in [0.1, 0.15) is 5.56 Å². The van der Waals surface area contributed by atoms with Crippen molar-refractivity contribution in [3.63, 3.8) is 0 Å². The van der Waals surface area contributed by atoms with E-state index in [9.17, 15) is 5.11 Å². The van der Waals surface area contributed by atoms with E-state index in [1.165, 1.54) is 0 Å². The van der Waals surface area contributed by atoms with Crippen molar-refractivity contribution in [2.75, 3.05) is 0 Å². The van der Waals surface area contributed by atoms with E-state index >= 15 is 0 Å². The van der Waals surface area contributed by atoms with E-state index in [0.29, 0.717) is 11.1 Å². The van der Waals surface area contributed by atoms with Crippen LogP contribution in [0.25, 0.3) is 11.0 Å². The van der Waals surface area contributed by atoms with Crippen molar-refractivity contribution in [3.8, 4) is 5.75 Å². The number of rotatable bonds is 1. The summed E-state index contributed by atoms with van der Waals surface area (Å²) in [6.07, 6.45) is 1.59. The predicted octanol–water partition coefficient (Wildman–Crippen LogP) is 0.992. The molecule has 0 aliphatic heterocycles. The number of nitrogens with two attached hydrogens (primary N) is 1. The highest BCUT2D eigenvalue weighted by Crippen LogP contribution is 2.25. The van der Waals surface area contributed by atoms with E-state index < -0.39 is 0 Å². The van der Waals surface area contributed by atoms with Crippen molar-refractivity contribution in [2.24, 2.45) is 5.73 Å². The first-order valence-corrected chi connectivity index (χ1v) is 3.58. The number of aromatic nitrogens is 1. The van der Waals surface area contributed by atoms with E-state index in [0.717, 1.165) is 5.39 Å². The lowest BCUT2D eigenvalue weighted by Gasteiger charge is -1.99. The van der Waals surface area contributed by atoms with Crippen LogP contribution in [0.15, 0.2) is 22.9 Å². The zero-order chi connectivity index (χ0) is 8.55. The number of hydrogen-bond acceptors (Lipinski definition) is 4. The Kier molecular flexibility index (Phi) is 1.48. The van der Waals surface area contributed by atoms with Gasteiger partial charge in [0, 0.05) is 11.9 Å².